The lowest BCUT2D eigenvalue weighted by atomic mass is 9.93. The van der Waals surface area contributed by atoms with Gasteiger partial charge in [-0.2, -0.15) is 0 Å². The van der Waals surface area contributed by atoms with Gasteiger partial charge in [0.2, 0.25) is 0 Å². The average Bonchev–Trinajstić information content (AvgIpc) is 2.51. The fraction of sp³-hybridized carbons (Fsp3) is 0. The first kappa shape index (κ1) is 12.3. The lowest BCUT2D eigenvalue weighted by Gasteiger charge is -2.29. The Balaban J connectivity index is 2.12. The summed E-state index contributed by atoms with van der Waals surface area (Å²) in [6, 6.07) is 28.6. The van der Waals surface area contributed by atoms with E-state index in [2.05, 4.69) is 90.8 Å². The van der Waals surface area contributed by atoms with E-state index in [1.807, 2.05) is 0 Å². The molecule has 0 aliphatic heterocycles. The monoisotopic (exact) mass is 261 g/mol. The van der Waals surface area contributed by atoms with Gasteiger partial charge in [-0.3, -0.25) is 11.9 Å². The van der Waals surface area contributed by atoms with Gasteiger partial charge in [0, 0.05) is 0 Å². The number of rotatable bonds is 3. The van der Waals surface area contributed by atoms with Crippen LogP contribution in [0.15, 0.2) is 90.8 Å². The Morgan fingerprint density at radius 1 is 0.526 bits per heavy atom. The molecule has 0 unspecified atom stereocenters. The minimum absolute atomic E-state index is 0.363. The van der Waals surface area contributed by atoms with Crippen molar-refractivity contribution >= 4 is 24.5 Å². The van der Waals surface area contributed by atoms with Crippen LogP contribution in [0.2, 0.25) is 0 Å². The Hall–Kier alpha value is -1.72. The Kier molecular flexibility index (Phi) is 3.86. The molecule has 0 radical (unpaired) electrons. The summed E-state index contributed by atoms with van der Waals surface area (Å²) < 4.78 is 0. The minimum Gasteiger partial charge on any atom is -0.258 e. The predicted molar refractivity (Wildman–Crippen MR) is 86.9 cm³/mol. The molecule has 1 aromatic heterocycles. The van der Waals surface area contributed by atoms with Crippen molar-refractivity contribution in [3.63, 3.8) is 0 Å². The van der Waals surface area contributed by atoms with Crippen LogP contribution >= 0.6 is 7.80 Å². The van der Waals surface area contributed by atoms with E-state index in [0.717, 1.165) is 0 Å². The number of hydrogen-bond acceptors (Lipinski definition) is 0. The molecule has 19 heavy (non-hydrogen) atoms. The molecule has 0 bridgehead atoms. The van der Waals surface area contributed by atoms with Crippen molar-refractivity contribution in [1.29, 1.82) is 0 Å². The van der Waals surface area contributed by atoms with Crippen LogP contribution in [0.25, 0.3) is 0 Å². The summed E-state index contributed by atoms with van der Waals surface area (Å²) >= 11 is 0. The zero-order valence-corrected chi connectivity index (χ0v) is 11.6. The molecule has 3 rings (SSSR count). The van der Waals surface area contributed by atoms with Gasteiger partial charge in [-0.25, -0.2) is 7.80 Å². The topological polar surface area (TPSA) is 0 Å². The third-order valence-electron chi connectivity index (χ3n) is 3.21. The summed E-state index contributed by atoms with van der Waals surface area (Å²) in [5, 5.41) is 2.87. The van der Waals surface area contributed by atoms with Gasteiger partial charge < -0.3 is 0 Å². The quantitative estimate of drug-likeness (QED) is 0.632. The van der Waals surface area contributed by atoms with E-state index in [1.54, 1.807) is 0 Å². The predicted octanol–water partition coefficient (Wildman–Crippen LogP) is 3.61. The second-order valence-corrected chi connectivity index (χ2v) is 6.86. The van der Waals surface area contributed by atoms with Crippen molar-refractivity contribution in [1.82, 2.24) is 0 Å². The van der Waals surface area contributed by atoms with Crippen molar-refractivity contribution in [2.24, 2.45) is 0 Å². The molecule has 0 aliphatic carbocycles. The molecule has 0 atom stereocenters. The Morgan fingerprint density at radius 3 is 1.42 bits per heavy atom. The molecule has 0 saturated carbocycles. The minimum atomic E-state index is -0.363. The molecular weight excluding hydrogens is 246 g/mol. The molecule has 0 aliphatic rings. The second kappa shape index (κ2) is 5.95. The molecule has 0 saturated heterocycles. The van der Waals surface area contributed by atoms with Gasteiger partial charge in [0.1, 0.15) is 0 Å². The second-order valence-electron chi connectivity index (χ2n) is 4.49. The Morgan fingerprint density at radius 2 is 0.947 bits per heavy atom. The average molecular weight is 261 g/mol. The summed E-state index contributed by atoms with van der Waals surface area (Å²) in [5.41, 5.74) is 0. The fourth-order valence-corrected chi connectivity index (χ4v) is 4.84. The Labute approximate surface area is 115 Å². The molecule has 2 aromatic carbocycles. The van der Waals surface area contributed by atoms with Crippen molar-refractivity contribution in [3.05, 3.63) is 90.8 Å². The van der Waals surface area contributed by atoms with E-state index in [-0.39, 0.29) is 7.80 Å². The van der Waals surface area contributed by atoms with Crippen LogP contribution in [0, 0.1) is 0 Å². The van der Waals surface area contributed by atoms with Crippen LogP contribution in [0.5, 0.6) is 0 Å². The van der Waals surface area contributed by atoms with Gasteiger partial charge in [0.15, 0.2) is 0 Å². The van der Waals surface area contributed by atoms with E-state index >= 15 is 0 Å². The van der Waals surface area contributed by atoms with Crippen molar-refractivity contribution in [2.45, 2.75) is 0 Å². The fourth-order valence-electron chi connectivity index (χ4n) is 2.33. The summed E-state index contributed by atoms with van der Waals surface area (Å²) in [5.74, 6) is 4.62. The van der Waals surface area contributed by atoms with Crippen LogP contribution < -0.4 is 10.6 Å². The molecule has 0 nitrogen and oxygen atoms in total. The van der Waals surface area contributed by atoms with Crippen molar-refractivity contribution in [2.75, 3.05) is 0 Å². The maximum absolute atomic E-state index is 2.31. The molecule has 92 valence electrons. The molecule has 0 fully saturated rings. The lowest BCUT2D eigenvalue weighted by Crippen LogP contribution is -2.17. The van der Waals surface area contributed by atoms with Crippen LogP contribution in [0.1, 0.15) is 0 Å². The van der Waals surface area contributed by atoms with Crippen LogP contribution in [-0.2, 0) is 0 Å². The molecule has 0 amide bonds. The summed E-state index contributed by atoms with van der Waals surface area (Å²) in [6.07, 6.45) is 0. The summed E-state index contributed by atoms with van der Waals surface area (Å²) in [4.78, 5) is 0. The van der Waals surface area contributed by atoms with Gasteiger partial charge in [-0.05, 0) is 0 Å². The molecule has 3 aromatic rings. The molecule has 1 heterocycles. The van der Waals surface area contributed by atoms with Gasteiger partial charge in [0.25, 0.3) is 0 Å². The first-order valence-electron chi connectivity index (χ1n) is 6.53. The molecule has 0 spiro atoms. The highest BCUT2D eigenvalue weighted by molar-refractivity contribution is 7.99. The highest BCUT2D eigenvalue weighted by atomic mass is 31.1. The third-order valence-corrected chi connectivity index (χ3v) is 5.86. The molecule has 0 N–H and O–H groups in total. The molecule has 2 heteroatoms. The third kappa shape index (κ3) is 2.83. The number of hydrogen-bond donors (Lipinski definition) is 0. The first-order chi connectivity index (χ1) is 9.45. The highest BCUT2D eigenvalue weighted by Gasteiger charge is 2.05. The first-order valence-corrected chi connectivity index (χ1v) is 7.94. The van der Waals surface area contributed by atoms with E-state index in [1.165, 1.54) is 10.6 Å². The smallest absolute Gasteiger partial charge is 0.0575 e. The van der Waals surface area contributed by atoms with Gasteiger partial charge >= 0.3 is 0 Å². The largest absolute Gasteiger partial charge is 0.258 e. The van der Waals surface area contributed by atoms with Gasteiger partial charge in [-0.1, -0.05) is 83.4 Å². The van der Waals surface area contributed by atoms with Crippen LogP contribution in [-0.4, -0.2) is 6.06 Å². The summed E-state index contributed by atoms with van der Waals surface area (Å²) in [7, 11) is -0.363. The van der Waals surface area contributed by atoms with Crippen molar-refractivity contribution < 1.29 is 0 Å². The van der Waals surface area contributed by atoms with Gasteiger partial charge in [0.05, 0.1) is 0 Å². The zero-order chi connectivity index (χ0) is 12.9. The maximum atomic E-state index is 2.31. The van der Waals surface area contributed by atoms with Crippen molar-refractivity contribution in [3.8, 4) is 0 Å². The van der Waals surface area contributed by atoms with E-state index in [0.29, 0.717) is 6.06 Å². The number of benzene rings is 2. The normalized spacial score (nSPS) is 10.6. The zero-order valence-electron chi connectivity index (χ0n) is 10.7. The van der Waals surface area contributed by atoms with Gasteiger partial charge in [-0.15, -0.1) is 12.1 Å². The lowest BCUT2D eigenvalue weighted by molar-refractivity contribution is 1.76. The van der Waals surface area contributed by atoms with Crippen LogP contribution in [0.3, 0.4) is 0 Å². The Bertz CT molecular complexity index is 529. The maximum Gasteiger partial charge on any atom is -0.0575 e. The standard InChI is InChI=1S/C17H15BP/c1-4-10-16(11-5-1)19(17-12-6-2-7-13-17)18-14-8-3-9-15-18/h1-15H/q-1. The van der Waals surface area contributed by atoms with E-state index in [9.17, 15) is 0 Å². The van der Waals surface area contributed by atoms with Crippen LogP contribution in [0.4, 0.5) is 0 Å². The highest BCUT2D eigenvalue weighted by Crippen LogP contribution is 2.33. The van der Waals surface area contributed by atoms with E-state index in [4.69, 9.17) is 0 Å². The van der Waals surface area contributed by atoms with E-state index < -0.39 is 0 Å². The molecular formula is C17H15BP-. The summed E-state index contributed by atoms with van der Waals surface area (Å²) in [6.45, 7) is 0. The SMILES string of the molecule is c1cc[b-](P(c2ccccc2)c2ccccc2)cc1.